The van der Waals surface area contributed by atoms with Crippen LogP contribution in [0.5, 0.6) is 0 Å². The number of fused-ring (bicyclic) bond motifs is 2. The monoisotopic (exact) mass is 281 g/mol. The molecule has 2 saturated heterocycles. The molecule has 2 aliphatic heterocycles. The average Bonchev–Trinajstić information content (AvgIpc) is 2.79. The van der Waals surface area contributed by atoms with Crippen LogP contribution in [0.15, 0.2) is 0 Å². The Morgan fingerprint density at radius 3 is 2.10 bits per heavy atom. The minimum atomic E-state index is 0.0161. The molecule has 0 aromatic rings. The molecule has 2 aliphatic rings. The van der Waals surface area contributed by atoms with Crippen LogP contribution in [0.3, 0.4) is 0 Å². The van der Waals surface area contributed by atoms with Crippen molar-refractivity contribution in [3.63, 3.8) is 0 Å². The Balaban J connectivity index is 2.01. The molecule has 0 aromatic heterocycles. The summed E-state index contributed by atoms with van der Waals surface area (Å²) in [5.74, 6) is 0.294. The lowest BCUT2D eigenvalue weighted by Gasteiger charge is -2.41. The fourth-order valence-corrected chi connectivity index (χ4v) is 4.09. The number of likely N-dealkylation sites (N-methyl/N-ethyl adjacent to an activating group) is 2. The molecule has 1 N–H and O–H groups in total. The van der Waals surface area contributed by atoms with Crippen molar-refractivity contribution >= 4 is 5.91 Å². The summed E-state index contributed by atoms with van der Waals surface area (Å²) < 4.78 is 0. The van der Waals surface area contributed by atoms with Gasteiger partial charge in [0.05, 0.1) is 6.04 Å². The Morgan fingerprint density at radius 1 is 1.10 bits per heavy atom. The van der Waals surface area contributed by atoms with E-state index < -0.39 is 0 Å². The minimum Gasteiger partial charge on any atom is -0.342 e. The number of carbonyl (C=O) groups excluding carboxylic acids is 1. The smallest absolute Gasteiger partial charge is 0.239 e. The third-order valence-electron chi connectivity index (χ3n) is 5.21. The van der Waals surface area contributed by atoms with Crippen molar-refractivity contribution in [2.45, 2.75) is 77.5 Å². The van der Waals surface area contributed by atoms with Gasteiger partial charge in [0.1, 0.15) is 0 Å². The maximum atomic E-state index is 12.6. The second-order valence-electron chi connectivity index (χ2n) is 6.28. The molecule has 4 heteroatoms. The van der Waals surface area contributed by atoms with Crippen molar-refractivity contribution < 1.29 is 4.79 Å². The summed E-state index contributed by atoms with van der Waals surface area (Å²) in [7, 11) is 0. The van der Waals surface area contributed by atoms with Gasteiger partial charge in [0.2, 0.25) is 5.91 Å². The second-order valence-corrected chi connectivity index (χ2v) is 6.28. The molecule has 20 heavy (non-hydrogen) atoms. The van der Waals surface area contributed by atoms with Crippen LogP contribution < -0.4 is 5.32 Å². The Labute approximate surface area is 123 Å². The highest BCUT2D eigenvalue weighted by Crippen LogP contribution is 2.30. The van der Waals surface area contributed by atoms with Crippen molar-refractivity contribution in [3.8, 4) is 0 Å². The molecular formula is C16H31N3O. The molecule has 0 spiro atoms. The number of nitrogens with one attached hydrogen (secondary N) is 1. The van der Waals surface area contributed by atoms with E-state index in [-0.39, 0.29) is 6.04 Å². The van der Waals surface area contributed by atoms with E-state index >= 15 is 0 Å². The van der Waals surface area contributed by atoms with E-state index in [1.54, 1.807) is 0 Å². The number of nitrogens with zero attached hydrogens (tertiary/aromatic N) is 2. The Kier molecular flexibility index (Phi) is 5.44. The predicted octanol–water partition coefficient (Wildman–Crippen LogP) is 1.85. The van der Waals surface area contributed by atoms with Crippen LogP contribution in [0, 0.1) is 0 Å². The van der Waals surface area contributed by atoms with Gasteiger partial charge < -0.3 is 10.2 Å². The minimum absolute atomic E-state index is 0.0161. The van der Waals surface area contributed by atoms with Gasteiger partial charge >= 0.3 is 0 Å². The molecule has 0 aliphatic carbocycles. The van der Waals surface area contributed by atoms with Gasteiger partial charge in [-0.3, -0.25) is 9.69 Å². The van der Waals surface area contributed by atoms with E-state index in [1.165, 1.54) is 25.7 Å². The van der Waals surface area contributed by atoms with Crippen molar-refractivity contribution in [2.24, 2.45) is 0 Å². The summed E-state index contributed by atoms with van der Waals surface area (Å²) in [6, 6.07) is 1.96. The number of carbonyl (C=O) groups is 1. The largest absolute Gasteiger partial charge is 0.342 e. The van der Waals surface area contributed by atoms with Crippen molar-refractivity contribution in [2.75, 3.05) is 19.6 Å². The lowest BCUT2D eigenvalue weighted by Crippen LogP contribution is -2.55. The maximum Gasteiger partial charge on any atom is 0.239 e. The van der Waals surface area contributed by atoms with Crippen LogP contribution in [-0.4, -0.2) is 59.5 Å². The van der Waals surface area contributed by atoms with E-state index in [9.17, 15) is 4.79 Å². The van der Waals surface area contributed by atoms with Crippen LogP contribution in [0.4, 0.5) is 0 Å². The third-order valence-corrected chi connectivity index (χ3v) is 5.21. The van der Waals surface area contributed by atoms with Gasteiger partial charge in [-0.1, -0.05) is 6.92 Å². The van der Waals surface area contributed by atoms with Gasteiger partial charge in [0.15, 0.2) is 0 Å². The summed E-state index contributed by atoms with van der Waals surface area (Å²) in [6.45, 7) is 11.0. The lowest BCUT2D eigenvalue weighted by atomic mass is 9.96. The molecule has 0 saturated carbocycles. The van der Waals surface area contributed by atoms with Crippen molar-refractivity contribution in [1.82, 2.24) is 15.1 Å². The van der Waals surface area contributed by atoms with Gasteiger partial charge in [-0.2, -0.15) is 0 Å². The molecule has 0 aromatic carbocycles. The summed E-state index contributed by atoms with van der Waals surface area (Å²) in [5, 5.41) is 3.69. The van der Waals surface area contributed by atoms with Gasteiger partial charge in [-0.05, 0) is 53.0 Å². The fourth-order valence-electron chi connectivity index (χ4n) is 4.09. The van der Waals surface area contributed by atoms with Crippen LogP contribution in [0.25, 0.3) is 0 Å². The highest BCUT2D eigenvalue weighted by atomic mass is 16.2. The highest BCUT2D eigenvalue weighted by Gasteiger charge is 2.38. The summed E-state index contributed by atoms with van der Waals surface area (Å²) >= 11 is 0. The number of hydrogen-bond donors (Lipinski definition) is 1. The zero-order valence-corrected chi connectivity index (χ0v) is 13.6. The molecule has 3 unspecified atom stereocenters. The van der Waals surface area contributed by atoms with E-state index in [0.717, 1.165) is 19.6 Å². The number of hydrogen-bond acceptors (Lipinski definition) is 3. The first-order chi connectivity index (χ1) is 9.60. The standard InChI is InChI=1S/C16H31N3O/c1-5-18(6-2)16(20)12(4)19(7-3)15-10-13-8-9-14(11-15)17-13/h12-15,17H,5-11H2,1-4H3. The number of rotatable bonds is 6. The summed E-state index contributed by atoms with van der Waals surface area (Å²) in [4.78, 5) is 17.0. The molecule has 2 fully saturated rings. The molecule has 3 atom stereocenters. The van der Waals surface area contributed by atoms with Crippen LogP contribution in [0.2, 0.25) is 0 Å². The lowest BCUT2D eigenvalue weighted by molar-refractivity contribution is -0.137. The SMILES string of the molecule is CCN(CC)C(=O)C(C)N(CC)C1CC2CCC(C1)N2. The number of amides is 1. The molecular weight excluding hydrogens is 250 g/mol. The molecule has 1 amide bonds. The molecule has 4 nitrogen and oxygen atoms in total. The van der Waals surface area contributed by atoms with Crippen LogP contribution >= 0.6 is 0 Å². The van der Waals surface area contributed by atoms with E-state index in [0.29, 0.717) is 24.0 Å². The van der Waals surface area contributed by atoms with Gasteiger partial charge in [0, 0.05) is 31.2 Å². The third kappa shape index (κ3) is 3.17. The maximum absolute atomic E-state index is 12.6. The molecule has 116 valence electrons. The first-order valence-electron chi connectivity index (χ1n) is 8.41. The van der Waals surface area contributed by atoms with Crippen molar-refractivity contribution in [1.29, 1.82) is 0 Å². The van der Waals surface area contributed by atoms with Crippen LogP contribution in [0.1, 0.15) is 53.4 Å². The Morgan fingerprint density at radius 2 is 1.65 bits per heavy atom. The molecule has 0 radical (unpaired) electrons. The van der Waals surface area contributed by atoms with Crippen LogP contribution in [-0.2, 0) is 4.79 Å². The van der Waals surface area contributed by atoms with E-state index in [2.05, 4.69) is 37.9 Å². The normalized spacial score (nSPS) is 30.6. The van der Waals surface area contributed by atoms with Gasteiger partial charge in [-0.15, -0.1) is 0 Å². The van der Waals surface area contributed by atoms with Crippen molar-refractivity contribution in [3.05, 3.63) is 0 Å². The Bertz CT molecular complexity index is 318. The highest BCUT2D eigenvalue weighted by molar-refractivity contribution is 5.81. The molecule has 2 bridgehead atoms. The zero-order valence-electron chi connectivity index (χ0n) is 13.6. The first-order valence-corrected chi connectivity index (χ1v) is 8.41. The van der Waals surface area contributed by atoms with E-state index in [4.69, 9.17) is 0 Å². The topological polar surface area (TPSA) is 35.6 Å². The van der Waals surface area contributed by atoms with Gasteiger partial charge in [-0.25, -0.2) is 0 Å². The second kappa shape index (κ2) is 6.90. The number of piperidine rings is 1. The van der Waals surface area contributed by atoms with E-state index in [1.807, 2.05) is 4.90 Å². The van der Waals surface area contributed by atoms with Gasteiger partial charge in [0.25, 0.3) is 0 Å². The predicted molar refractivity (Wildman–Crippen MR) is 82.7 cm³/mol. The molecule has 2 heterocycles. The summed E-state index contributed by atoms with van der Waals surface area (Å²) in [5.41, 5.74) is 0. The Hall–Kier alpha value is -0.610. The molecule has 2 rings (SSSR count). The fraction of sp³-hybridized carbons (Fsp3) is 0.938. The average molecular weight is 281 g/mol. The summed E-state index contributed by atoms with van der Waals surface area (Å²) in [6.07, 6.45) is 5.05. The zero-order chi connectivity index (χ0) is 14.7. The first kappa shape index (κ1) is 15.8. The quantitative estimate of drug-likeness (QED) is 0.807.